The lowest BCUT2D eigenvalue weighted by Crippen LogP contribution is -2.31. The van der Waals surface area contributed by atoms with Crippen molar-refractivity contribution in [1.82, 2.24) is 15.0 Å². The predicted molar refractivity (Wildman–Crippen MR) is 238 cm³/mol. The summed E-state index contributed by atoms with van der Waals surface area (Å²) >= 11 is 1.88. The SMILES string of the molecule is c1ccc(-c2cc(-c3ccc(-c4nc5ccccc5c5c6c(ccc45)C4(c5ccccc5Sc5ccccc54)c4ccccc4-6)cc3)nc(-c3ccccc3)n2)cc1. The van der Waals surface area contributed by atoms with Crippen molar-refractivity contribution < 1.29 is 0 Å². The van der Waals surface area contributed by atoms with E-state index in [1.807, 2.05) is 36.0 Å². The second-order valence-electron chi connectivity index (χ2n) is 15.0. The molecule has 0 bridgehead atoms. The summed E-state index contributed by atoms with van der Waals surface area (Å²) in [6, 6.07) is 71.8. The van der Waals surface area contributed by atoms with Crippen LogP contribution in [0.4, 0.5) is 0 Å². The van der Waals surface area contributed by atoms with Crippen molar-refractivity contribution in [2.24, 2.45) is 0 Å². The highest BCUT2D eigenvalue weighted by Crippen LogP contribution is 2.63. The monoisotopic (exact) mass is 755 g/mol. The van der Waals surface area contributed by atoms with Crippen molar-refractivity contribution in [3.05, 3.63) is 222 Å². The van der Waals surface area contributed by atoms with Crippen LogP contribution in [0.25, 0.3) is 78.0 Å². The van der Waals surface area contributed by atoms with Crippen molar-refractivity contribution in [1.29, 1.82) is 0 Å². The Bertz CT molecular complexity index is 3150. The van der Waals surface area contributed by atoms with Gasteiger partial charge in [0.15, 0.2) is 5.82 Å². The number of hydrogen-bond donors (Lipinski definition) is 0. The quantitative estimate of drug-likeness (QED) is 0.168. The largest absolute Gasteiger partial charge is 0.247 e. The van der Waals surface area contributed by atoms with Crippen LogP contribution in [0.15, 0.2) is 210 Å². The molecule has 10 aromatic rings. The molecule has 0 radical (unpaired) electrons. The molecular weight excluding hydrogens is 723 g/mol. The summed E-state index contributed by atoms with van der Waals surface area (Å²) in [5.41, 5.74) is 15.3. The third-order valence-electron chi connectivity index (χ3n) is 12.0. The highest BCUT2D eigenvalue weighted by Gasteiger charge is 2.50. The van der Waals surface area contributed by atoms with Gasteiger partial charge >= 0.3 is 0 Å². The van der Waals surface area contributed by atoms with Gasteiger partial charge in [-0.2, -0.15) is 0 Å². The number of rotatable bonds is 4. The fraction of sp³-hybridized carbons (Fsp3) is 0.0185. The van der Waals surface area contributed by atoms with Gasteiger partial charge in [0.2, 0.25) is 0 Å². The summed E-state index contributed by atoms with van der Waals surface area (Å²) in [7, 11) is 0. The Morgan fingerprint density at radius 1 is 0.379 bits per heavy atom. The molecule has 0 N–H and O–H groups in total. The molecule has 1 spiro atoms. The Balaban J connectivity index is 1.07. The van der Waals surface area contributed by atoms with Crippen LogP contribution in [-0.4, -0.2) is 15.0 Å². The van der Waals surface area contributed by atoms with Crippen molar-refractivity contribution in [3.63, 3.8) is 0 Å². The summed E-state index contributed by atoms with van der Waals surface area (Å²) in [5, 5.41) is 3.55. The highest BCUT2D eigenvalue weighted by molar-refractivity contribution is 7.99. The maximum Gasteiger partial charge on any atom is 0.160 e. The van der Waals surface area contributed by atoms with E-state index in [0.717, 1.165) is 55.6 Å². The number of fused-ring (bicyclic) bond motifs is 13. The summed E-state index contributed by atoms with van der Waals surface area (Å²) in [5.74, 6) is 0.705. The number of aromatic nitrogens is 3. The number of benzene rings is 8. The van der Waals surface area contributed by atoms with Crippen LogP contribution < -0.4 is 0 Å². The van der Waals surface area contributed by atoms with Gasteiger partial charge in [-0.1, -0.05) is 188 Å². The van der Waals surface area contributed by atoms with Gasteiger partial charge in [0.05, 0.1) is 28.0 Å². The van der Waals surface area contributed by atoms with Gasteiger partial charge in [0, 0.05) is 48.2 Å². The van der Waals surface area contributed by atoms with Crippen LogP contribution in [0.1, 0.15) is 22.3 Å². The van der Waals surface area contributed by atoms with E-state index in [1.54, 1.807) is 0 Å². The minimum atomic E-state index is -0.445. The summed E-state index contributed by atoms with van der Waals surface area (Å²) < 4.78 is 0. The van der Waals surface area contributed by atoms with Gasteiger partial charge in [-0.15, -0.1) is 0 Å². The zero-order valence-corrected chi connectivity index (χ0v) is 32.1. The first-order chi connectivity index (χ1) is 28.8. The van der Waals surface area contributed by atoms with Crippen LogP contribution >= 0.6 is 11.8 Å². The van der Waals surface area contributed by atoms with E-state index in [-0.39, 0.29) is 0 Å². The van der Waals surface area contributed by atoms with E-state index < -0.39 is 5.41 Å². The van der Waals surface area contributed by atoms with E-state index in [1.165, 1.54) is 48.6 Å². The zero-order chi connectivity index (χ0) is 38.2. The van der Waals surface area contributed by atoms with E-state index >= 15 is 0 Å². The molecule has 0 amide bonds. The average Bonchev–Trinajstić information content (AvgIpc) is 3.60. The fourth-order valence-corrected chi connectivity index (χ4v) is 10.7. The Labute approximate surface area is 340 Å². The van der Waals surface area contributed by atoms with Gasteiger partial charge in [0.1, 0.15) is 0 Å². The van der Waals surface area contributed by atoms with Crippen LogP contribution in [0.5, 0.6) is 0 Å². The molecule has 270 valence electrons. The molecule has 4 heteroatoms. The minimum absolute atomic E-state index is 0.445. The molecule has 1 aliphatic heterocycles. The maximum absolute atomic E-state index is 5.41. The lowest BCUT2D eigenvalue weighted by atomic mass is 9.67. The molecule has 12 rings (SSSR count). The van der Waals surface area contributed by atoms with Gasteiger partial charge < -0.3 is 0 Å². The molecule has 2 aromatic heterocycles. The fourth-order valence-electron chi connectivity index (χ4n) is 9.47. The average molecular weight is 756 g/mol. The first kappa shape index (κ1) is 33.0. The Kier molecular flexibility index (Phi) is 7.38. The number of pyridine rings is 1. The third-order valence-corrected chi connectivity index (χ3v) is 13.1. The number of nitrogens with zero attached hydrogens (tertiary/aromatic N) is 3. The van der Waals surface area contributed by atoms with Crippen molar-refractivity contribution >= 4 is 33.4 Å². The van der Waals surface area contributed by atoms with Crippen LogP contribution in [0.3, 0.4) is 0 Å². The predicted octanol–water partition coefficient (Wildman–Crippen LogP) is 13.7. The summed E-state index contributed by atoms with van der Waals surface area (Å²) in [6.45, 7) is 0. The molecule has 0 saturated heterocycles. The first-order valence-corrected chi connectivity index (χ1v) is 20.5. The van der Waals surface area contributed by atoms with E-state index in [0.29, 0.717) is 5.82 Å². The number of hydrogen-bond acceptors (Lipinski definition) is 4. The second kappa shape index (κ2) is 13.0. The molecule has 0 atom stereocenters. The summed E-state index contributed by atoms with van der Waals surface area (Å²) in [6.07, 6.45) is 0. The number of para-hydroxylation sites is 1. The van der Waals surface area contributed by atoms with E-state index in [4.69, 9.17) is 15.0 Å². The van der Waals surface area contributed by atoms with E-state index in [9.17, 15) is 0 Å². The lowest BCUT2D eigenvalue weighted by molar-refractivity contribution is 0.723. The van der Waals surface area contributed by atoms with E-state index in [2.05, 4.69) is 176 Å². The molecule has 2 aliphatic rings. The normalized spacial score (nSPS) is 13.2. The highest BCUT2D eigenvalue weighted by atomic mass is 32.2. The van der Waals surface area contributed by atoms with Gasteiger partial charge in [0.25, 0.3) is 0 Å². The minimum Gasteiger partial charge on any atom is -0.247 e. The van der Waals surface area contributed by atoms with Crippen LogP contribution in [0, 0.1) is 0 Å². The third kappa shape index (κ3) is 4.85. The molecule has 8 aromatic carbocycles. The van der Waals surface area contributed by atoms with Crippen molar-refractivity contribution in [2.45, 2.75) is 15.2 Å². The molecule has 3 heterocycles. The summed E-state index contributed by atoms with van der Waals surface area (Å²) in [4.78, 5) is 18.1. The smallest absolute Gasteiger partial charge is 0.160 e. The molecule has 0 unspecified atom stereocenters. The van der Waals surface area contributed by atoms with Gasteiger partial charge in [-0.25, -0.2) is 15.0 Å². The standard InChI is InChI=1S/C54H33N3S/c1-3-15-34(16-4-1)46-33-47(57-53(56-46)37-17-5-2-6-18-37)35-27-29-36(30-28-35)52-40-31-32-44-51(50(40)39-20-8-12-24-45(39)55-52)38-19-7-9-21-41(38)54(44)42-22-10-13-25-48(42)58-49-26-14-11-23-43(49)54/h1-33H. The Morgan fingerprint density at radius 2 is 0.931 bits per heavy atom. The lowest BCUT2D eigenvalue weighted by Gasteiger charge is -2.39. The molecular formula is C54H33N3S. The molecule has 3 nitrogen and oxygen atoms in total. The van der Waals surface area contributed by atoms with Gasteiger partial charge in [-0.05, 0) is 57.6 Å². The maximum atomic E-state index is 5.41. The van der Waals surface area contributed by atoms with Crippen LogP contribution in [-0.2, 0) is 5.41 Å². The van der Waals surface area contributed by atoms with Crippen LogP contribution in [0.2, 0.25) is 0 Å². The zero-order valence-electron chi connectivity index (χ0n) is 31.3. The van der Waals surface area contributed by atoms with Crippen molar-refractivity contribution in [2.75, 3.05) is 0 Å². The topological polar surface area (TPSA) is 38.7 Å². The van der Waals surface area contributed by atoms with Gasteiger partial charge in [-0.3, -0.25) is 0 Å². The molecule has 0 fully saturated rings. The second-order valence-corrected chi connectivity index (χ2v) is 16.1. The molecule has 1 aliphatic carbocycles. The Hall–Kier alpha value is -7.14. The Morgan fingerprint density at radius 3 is 1.64 bits per heavy atom. The molecule has 0 saturated carbocycles. The molecule has 58 heavy (non-hydrogen) atoms. The van der Waals surface area contributed by atoms with Crippen molar-refractivity contribution in [3.8, 4) is 56.3 Å². The first-order valence-electron chi connectivity index (χ1n) is 19.7.